The van der Waals surface area contributed by atoms with Crippen molar-refractivity contribution < 1.29 is 4.79 Å². The molecule has 0 aliphatic carbocycles. The van der Waals surface area contributed by atoms with Crippen molar-refractivity contribution in [3.8, 4) is 0 Å². The lowest BCUT2D eigenvalue weighted by Crippen LogP contribution is -2.43. The molecule has 20 heavy (non-hydrogen) atoms. The minimum Gasteiger partial charge on any atom is -0.348 e. The average molecular weight is 295 g/mol. The van der Waals surface area contributed by atoms with Gasteiger partial charge in [-0.15, -0.1) is 11.6 Å². The van der Waals surface area contributed by atoms with Crippen molar-refractivity contribution in [2.75, 3.05) is 19.6 Å². The highest BCUT2D eigenvalue weighted by molar-refractivity contribution is 6.17. The summed E-state index contributed by atoms with van der Waals surface area (Å²) in [5.41, 5.74) is 1.73. The summed E-state index contributed by atoms with van der Waals surface area (Å²) in [4.78, 5) is 14.6. The number of nitrogens with one attached hydrogen (secondary N) is 1. The monoisotopic (exact) mass is 294 g/mol. The van der Waals surface area contributed by atoms with Crippen molar-refractivity contribution in [3.63, 3.8) is 0 Å². The van der Waals surface area contributed by atoms with Gasteiger partial charge < -0.3 is 10.2 Å². The molecule has 110 valence electrons. The minimum atomic E-state index is -0.00404. The molecule has 0 bridgehead atoms. The first-order valence-electron chi connectivity index (χ1n) is 7.37. The van der Waals surface area contributed by atoms with Gasteiger partial charge in [-0.1, -0.05) is 18.6 Å². The van der Waals surface area contributed by atoms with Gasteiger partial charge in [0.25, 0.3) is 5.91 Å². The van der Waals surface area contributed by atoms with Gasteiger partial charge in [0, 0.05) is 24.0 Å². The second-order valence-electron chi connectivity index (χ2n) is 5.57. The highest BCUT2D eigenvalue weighted by atomic mass is 35.5. The Kier molecular flexibility index (Phi) is 5.86. The molecule has 0 radical (unpaired) electrons. The van der Waals surface area contributed by atoms with Gasteiger partial charge in [-0.05, 0) is 50.6 Å². The highest BCUT2D eigenvalue weighted by Gasteiger charge is 2.15. The molecule has 1 atom stereocenters. The summed E-state index contributed by atoms with van der Waals surface area (Å²) in [6.45, 7) is 5.32. The van der Waals surface area contributed by atoms with Crippen molar-refractivity contribution in [1.29, 1.82) is 0 Å². The SMILES string of the molecule is CC(CN1CCCCC1)NC(=O)c1ccc(CCl)cc1. The average Bonchev–Trinajstić information content (AvgIpc) is 2.48. The summed E-state index contributed by atoms with van der Waals surface area (Å²) >= 11 is 5.75. The van der Waals surface area contributed by atoms with Crippen LogP contribution in [0.15, 0.2) is 24.3 Å². The van der Waals surface area contributed by atoms with Crippen LogP contribution in [-0.2, 0) is 5.88 Å². The van der Waals surface area contributed by atoms with Gasteiger partial charge in [0.2, 0.25) is 0 Å². The first kappa shape index (κ1) is 15.3. The molecule has 0 spiro atoms. The number of piperidine rings is 1. The molecule has 2 rings (SSSR count). The number of amides is 1. The third-order valence-electron chi connectivity index (χ3n) is 3.73. The Hall–Kier alpha value is -1.06. The Morgan fingerprint density at radius 1 is 1.25 bits per heavy atom. The summed E-state index contributed by atoms with van der Waals surface area (Å²) in [5.74, 6) is 0.475. The zero-order valence-corrected chi connectivity index (χ0v) is 12.8. The second kappa shape index (κ2) is 7.65. The molecule has 0 saturated carbocycles. The molecule has 1 unspecified atom stereocenters. The van der Waals surface area contributed by atoms with E-state index >= 15 is 0 Å². The minimum absolute atomic E-state index is 0.00404. The molecule has 1 aliphatic rings. The summed E-state index contributed by atoms with van der Waals surface area (Å²) < 4.78 is 0. The maximum Gasteiger partial charge on any atom is 0.251 e. The van der Waals surface area contributed by atoms with Crippen LogP contribution >= 0.6 is 11.6 Å². The normalized spacial score (nSPS) is 17.7. The van der Waals surface area contributed by atoms with E-state index in [0.29, 0.717) is 11.4 Å². The maximum absolute atomic E-state index is 12.1. The van der Waals surface area contributed by atoms with Gasteiger partial charge in [-0.2, -0.15) is 0 Å². The van der Waals surface area contributed by atoms with Crippen LogP contribution in [0.4, 0.5) is 0 Å². The van der Waals surface area contributed by atoms with Gasteiger partial charge in [-0.25, -0.2) is 0 Å². The van der Waals surface area contributed by atoms with Gasteiger partial charge in [-0.3, -0.25) is 4.79 Å². The number of alkyl halides is 1. The van der Waals surface area contributed by atoms with Gasteiger partial charge in [0.1, 0.15) is 0 Å². The van der Waals surface area contributed by atoms with Crippen LogP contribution in [0.25, 0.3) is 0 Å². The summed E-state index contributed by atoms with van der Waals surface area (Å²) in [7, 11) is 0. The lowest BCUT2D eigenvalue weighted by atomic mass is 10.1. The third kappa shape index (κ3) is 4.50. The summed E-state index contributed by atoms with van der Waals surface area (Å²) in [5, 5.41) is 3.07. The predicted molar refractivity (Wildman–Crippen MR) is 83.2 cm³/mol. The van der Waals surface area contributed by atoms with E-state index < -0.39 is 0 Å². The van der Waals surface area contributed by atoms with E-state index in [1.165, 1.54) is 19.3 Å². The molecular formula is C16H23ClN2O. The van der Waals surface area contributed by atoms with E-state index in [0.717, 1.165) is 25.2 Å². The molecule has 3 nitrogen and oxygen atoms in total. The van der Waals surface area contributed by atoms with Crippen LogP contribution in [0, 0.1) is 0 Å². The van der Waals surface area contributed by atoms with E-state index in [4.69, 9.17) is 11.6 Å². The van der Waals surface area contributed by atoms with Crippen molar-refractivity contribution in [1.82, 2.24) is 10.2 Å². The van der Waals surface area contributed by atoms with Gasteiger partial charge >= 0.3 is 0 Å². The number of rotatable bonds is 5. The zero-order chi connectivity index (χ0) is 14.4. The zero-order valence-electron chi connectivity index (χ0n) is 12.1. The molecule has 0 aromatic heterocycles. The lowest BCUT2D eigenvalue weighted by molar-refractivity contribution is 0.0925. The Balaban J connectivity index is 1.82. The fraction of sp³-hybridized carbons (Fsp3) is 0.562. The van der Waals surface area contributed by atoms with Crippen LogP contribution < -0.4 is 5.32 Å². The molecule has 1 saturated heterocycles. The number of carbonyl (C=O) groups excluding carboxylic acids is 1. The number of hydrogen-bond acceptors (Lipinski definition) is 2. The smallest absolute Gasteiger partial charge is 0.251 e. The Morgan fingerprint density at radius 3 is 2.50 bits per heavy atom. The van der Waals surface area contributed by atoms with Crippen molar-refractivity contribution >= 4 is 17.5 Å². The summed E-state index contributed by atoms with van der Waals surface area (Å²) in [6, 6.07) is 7.64. The molecule has 1 heterocycles. The van der Waals surface area contributed by atoms with Gasteiger partial charge in [0.05, 0.1) is 0 Å². The number of likely N-dealkylation sites (tertiary alicyclic amines) is 1. The molecule has 1 fully saturated rings. The number of carbonyl (C=O) groups is 1. The van der Waals surface area contributed by atoms with Crippen molar-refractivity contribution in [3.05, 3.63) is 35.4 Å². The number of halogens is 1. The van der Waals surface area contributed by atoms with Gasteiger partial charge in [0.15, 0.2) is 0 Å². The Bertz CT molecular complexity index is 427. The van der Waals surface area contributed by atoms with Crippen LogP contribution in [0.2, 0.25) is 0 Å². The molecule has 1 aromatic carbocycles. The standard InChI is InChI=1S/C16H23ClN2O/c1-13(12-19-9-3-2-4-10-19)18-16(20)15-7-5-14(11-17)6-8-15/h5-8,13H,2-4,9-12H2,1H3,(H,18,20). The van der Waals surface area contributed by atoms with E-state index in [1.807, 2.05) is 24.3 Å². The first-order valence-corrected chi connectivity index (χ1v) is 7.90. The number of hydrogen-bond donors (Lipinski definition) is 1. The van der Waals surface area contributed by atoms with Crippen molar-refractivity contribution in [2.24, 2.45) is 0 Å². The molecule has 1 amide bonds. The predicted octanol–water partition coefficient (Wildman–Crippen LogP) is 3.03. The third-order valence-corrected chi connectivity index (χ3v) is 4.04. The Morgan fingerprint density at radius 2 is 1.90 bits per heavy atom. The van der Waals surface area contributed by atoms with Crippen LogP contribution in [0.1, 0.15) is 42.1 Å². The van der Waals surface area contributed by atoms with Crippen LogP contribution in [-0.4, -0.2) is 36.5 Å². The van der Waals surface area contributed by atoms with E-state index in [2.05, 4.69) is 17.1 Å². The number of nitrogens with zero attached hydrogens (tertiary/aromatic N) is 1. The lowest BCUT2D eigenvalue weighted by Gasteiger charge is -2.29. The fourth-order valence-corrected chi connectivity index (χ4v) is 2.81. The van der Waals surface area contributed by atoms with E-state index in [1.54, 1.807) is 0 Å². The van der Waals surface area contributed by atoms with Crippen LogP contribution in [0.5, 0.6) is 0 Å². The molecule has 1 aromatic rings. The topological polar surface area (TPSA) is 32.3 Å². The molecular weight excluding hydrogens is 272 g/mol. The quantitative estimate of drug-likeness (QED) is 0.847. The maximum atomic E-state index is 12.1. The second-order valence-corrected chi connectivity index (χ2v) is 5.83. The molecule has 1 N–H and O–H groups in total. The highest BCUT2D eigenvalue weighted by Crippen LogP contribution is 2.10. The Labute approximate surface area is 126 Å². The largest absolute Gasteiger partial charge is 0.348 e. The van der Waals surface area contributed by atoms with E-state index in [9.17, 15) is 4.79 Å². The molecule has 4 heteroatoms. The number of benzene rings is 1. The fourth-order valence-electron chi connectivity index (χ4n) is 2.63. The molecule has 1 aliphatic heterocycles. The first-order chi connectivity index (χ1) is 9.69. The van der Waals surface area contributed by atoms with E-state index in [-0.39, 0.29) is 11.9 Å². The van der Waals surface area contributed by atoms with Crippen LogP contribution in [0.3, 0.4) is 0 Å². The van der Waals surface area contributed by atoms with Crippen molar-refractivity contribution in [2.45, 2.75) is 38.1 Å². The summed E-state index contributed by atoms with van der Waals surface area (Å²) in [6.07, 6.45) is 3.89.